The number of hydrogen-bond acceptors (Lipinski definition) is 6. The van der Waals surface area contributed by atoms with Gasteiger partial charge in [0.05, 0.1) is 0 Å². The molecule has 0 unspecified atom stereocenters. The fourth-order valence-electron chi connectivity index (χ4n) is 2.54. The minimum absolute atomic E-state index is 0.164. The van der Waals surface area contributed by atoms with E-state index in [4.69, 9.17) is 14.2 Å². The molecular weight excluding hydrogens is 374 g/mol. The molecule has 0 saturated carbocycles. The van der Waals surface area contributed by atoms with E-state index in [0.29, 0.717) is 5.75 Å². The minimum Gasteiger partial charge on any atom is -0.452 e. The second-order valence-electron chi connectivity index (χ2n) is 8.52. The minimum atomic E-state index is -0.966. The number of hydrogen-bond donors (Lipinski definition) is 1. The fraction of sp³-hybridized carbons (Fsp3) is 0.591. The van der Waals surface area contributed by atoms with Gasteiger partial charge in [0.1, 0.15) is 17.4 Å². The molecular formula is C22H33NO6. The van der Waals surface area contributed by atoms with Gasteiger partial charge in [-0.05, 0) is 50.7 Å². The van der Waals surface area contributed by atoms with E-state index in [-0.39, 0.29) is 11.8 Å². The van der Waals surface area contributed by atoms with Gasteiger partial charge in [-0.1, -0.05) is 45.9 Å². The number of amides is 1. The Labute approximate surface area is 173 Å². The summed E-state index contributed by atoms with van der Waals surface area (Å²) in [6.07, 6.45) is -0.739. The smallest absolute Gasteiger partial charge is 0.408 e. The number of nitrogens with one attached hydrogen (secondary N) is 1. The van der Waals surface area contributed by atoms with Crippen molar-refractivity contribution in [2.45, 2.75) is 78.9 Å². The Bertz CT molecular complexity index is 707. The van der Waals surface area contributed by atoms with E-state index in [1.807, 2.05) is 45.9 Å². The number of esters is 2. The molecule has 0 spiro atoms. The second-order valence-corrected chi connectivity index (χ2v) is 8.52. The molecule has 0 saturated heterocycles. The predicted octanol–water partition coefficient (Wildman–Crippen LogP) is 4.30. The lowest BCUT2D eigenvalue weighted by Gasteiger charge is -2.21. The summed E-state index contributed by atoms with van der Waals surface area (Å²) >= 11 is 0. The van der Waals surface area contributed by atoms with Crippen LogP contribution in [0.1, 0.15) is 78.4 Å². The normalized spacial score (nSPS) is 12.5. The first-order chi connectivity index (χ1) is 13.3. The van der Waals surface area contributed by atoms with E-state index < -0.39 is 36.3 Å². The summed E-state index contributed by atoms with van der Waals surface area (Å²) in [6.45, 7) is 14.1. The van der Waals surface area contributed by atoms with Crippen LogP contribution in [0.5, 0.6) is 5.75 Å². The third-order valence-corrected chi connectivity index (χ3v) is 3.95. The van der Waals surface area contributed by atoms with E-state index in [1.165, 1.54) is 6.92 Å². The van der Waals surface area contributed by atoms with Gasteiger partial charge in [-0.2, -0.15) is 0 Å². The summed E-state index contributed by atoms with van der Waals surface area (Å²) in [6, 6.07) is 4.80. The number of para-hydroxylation sites is 1. The molecule has 0 bridgehead atoms. The monoisotopic (exact) mass is 407 g/mol. The van der Waals surface area contributed by atoms with Crippen LogP contribution in [0.4, 0.5) is 4.79 Å². The average molecular weight is 408 g/mol. The van der Waals surface area contributed by atoms with Gasteiger partial charge in [0.2, 0.25) is 0 Å². The lowest BCUT2D eigenvalue weighted by molar-refractivity contribution is -0.154. The average Bonchev–Trinajstić information content (AvgIpc) is 2.57. The molecule has 1 rings (SSSR count). The summed E-state index contributed by atoms with van der Waals surface area (Å²) in [5.74, 6) is -0.598. The molecule has 29 heavy (non-hydrogen) atoms. The third-order valence-electron chi connectivity index (χ3n) is 3.95. The first kappa shape index (κ1) is 24.5. The van der Waals surface area contributed by atoms with Crippen LogP contribution in [-0.4, -0.2) is 36.3 Å². The highest BCUT2D eigenvalue weighted by Gasteiger charge is 2.23. The van der Waals surface area contributed by atoms with Gasteiger partial charge in [0.25, 0.3) is 0 Å². The second kappa shape index (κ2) is 10.3. The van der Waals surface area contributed by atoms with Crippen molar-refractivity contribution < 1.29 is 28.6 Å². The van der Waals surface area contributed by atoms with Gasteiger partial charge < -0.3 is 19.5 Å². The van der Waals surface area contributed by atoms with E-state index in [9.17, 15) is 14.4 Å². The molecule has 7 nitrogen and oxygen atoms in total. The highest BCUT2D eigenvalue weighted by atomic mass is 16.6. The fourth-order valence-corrected chi connectivity index (χ4v) is 2.54. The lowest BCUT2D eigenvalue weighted by atomic mass is 9.94. The molecule has 0 heterocycles. The quantitative estimate of drug-likeness (QED) is 0.535. The molecule has 0 aromatic heterocycles. The van der Waals surface area contributed by atoms with Gasteiger partial charge in [0.15, 0.2) is 6.61 Å². The zero-order valence-electron chi connectivity index (χ0n) is 18.6. The van der Waals surface area contributed by atoms with Crippen molar-refractivity contribution in [2.24, 2.45) is 0 Å². The highest BCUT2D eigenvalue weighted by molar-refractivity contribution is 5.83. The topological polar surface area (TPSA) is 90.9 Å². The van der Waals surface area contributed by atoms with Crippen molar-refractivity contribution in [1.82, 2.24) is 5.32 Å². The third kappa shape index (κ3) is 8.13. The number of rotatable bonds is 7. The molecule has 1 N–H and O–H groups in total. The van der Waals surface area contributed by atoms with Crippen LogP contribution in [0, 0.1) is 0 Å². The number of benzene rings is 1. The number of alkyl carbamates (subject to hydrolysis) is 1. The Morgan fingerprint density at radius 2 is 1.48 bits per heavy atom. The zero-order chi connectivity index (χ0) is 22.4. The molecule has 0 aliphatic carbocycles. The number of carbonyl (C=O) groups excluding carboxylic acids is 3. The van der Waals surface area contributed by atoms with Crippen molar-refractivity contribution in [3.63, 3.8) is 0 Å². The molecule has 0 aliphatic heterocycles. The van der Waals surface area contributed by atoms with E-state index >= 15 is 0 Å². The Hall–Kier alpha value is -2.57. The van der Waals surface area contributed by atoms with Crippen molar-refractivity contribution in [3.05, 3.63) is 29.3 Å². The molecule has 1 aromatic carbocycles. The molecule has 1 amide bonds. The predicted molar refractivity (Wildman–Crippen MR) is 110 cm³/mol. The van der Waals surface area contributed by atoms with Crippen molar-refractivity contribution in [2.75, 3.05) is 6.61 Å². The number of carbonyl (C=O) groups is 3. The van der Waals surface area contributed by atoms with Gasteiger partial charge in [-0.15, -0.1) is 0 Å². The SMILES string of the molecule is CC(C)c1cccc(C(C)C)c1OC(=O)COC(=O)[C@@H](C)NC(=O)OC(C)(C)C. The Kier molecular flexibility index (Phi) is 8.67. The van der Waals surface area contributed by atoms with Crippen molar-refractivity contribution in [3.8, 4) is 5.75 Å². The van der Waals surface area contributed by atoms with Gasteiger partial charge >= 0.3 is 18.0 Å². The van der Waals surface area contributed by atoms with Crippen LogP contribution in [0.2, 0.25) is 0 Å². The van der Waals surface area contributed by atoms with Crippen molar-refractivity contribution >= 4 is 18.0 Å². The van der Waals surface area contributed by atoms with Crippen LogP contribution in [0.15, 0.2) is 18.2 Å². The molecule has 162 valence electrons. The Morgan fingerprint density at radius 3 is 1.93 bits per heavy atom. The molecule has 1 atom stereocenters. The Morgan fingerprint density at radius 1 is 0.966 bits per heavy atom. The summed E-state index contributed by atoms with van der Waals surface area (Å²) in [5, 5.41) is 2.37. The van der Waals surface area contributed by atoms with Crippen LogP contribution in [0.25, 0.3) is 0 Å². The molecule has 0 aliphatic rings. The highest BCUT2D eigenvalue weighted by Crippen LogP contribution is 2.34. The molecule has 7 heteroatoms. The largest absolute Gasteiger partial charge is 0.452 e. The van der Waals surface area contributed by atoms with Crippen molar-refractivity contribution in [1.29, 1.82) is 0 Å². The summed E-state index contributed by atoms with van der Waals surface area (Å²) in [7, 11) is 0. The van der Waals surface area contributed by atoms with Crippen LogP contribution >= 0.6 is 0 Å². The van der Waals surface area contributed by atoms with Crippen LogP contribution in [0.3, 0.4) is 0 Å². The standard InChI is InChI=1S/C22H33NO6/c1-13(2)16-10-9-11-17(14(3)4)19(16)28-18(24)12-27-20(25)15(5)23-21(26)29-22(6,7)8/h9-11,13-15H,12H2,1-8H3,(H,23,26)/t15-/m1/s1. The van der Waals surface area contributed by atoms with E-state index in [0.717, 1.165) is 11.1 Å². The first-order valence-electron chi connectivity index (χ1n) is 9.81. The van der Waals surface area contributed by atoms with E-state index in [1.54, 1.807) is 20.8 Å². The molecule has 0 fully saturated rings. The Balaban J connectivity index is 2.70. The number of ether oxygens (including phenoxy) is 3. The summed E-state index contributed by atoms with van der Waals surface area (Å²) in [5.41, 5.74) is 1.14. The van der Waals surface area contributed by atoms with Gasteiger partial charge in [-0.3, -0.25) is 0 Å². The maximum atomic E-state index is 12.3. The summed E-state index contributed by atoms with van der Waals surface area (Å²) < 4.78 is 15.6. The van der Waals surface area contributed by atoms with Gasteiger partial charge in [0, 0.05) is 0 Å². The molecule has 0 radical (unpaired) electrons. The molecule has 1 aromatic rings. The van der Waals surface area contributed by atoms with Gasteiger partial charge in [-0.25, -0.2) is 14.4 Å². The van der Waals surface area contributed by atoms with Crippen LogP contribution in [-0.2, 0) is 19.1 Å². The zero-order valence-corrected chi connectivity index (χ0v) is 18.6. The van der Waals surface area contributed by atoms with E-state index in [2.05, 4.69) is 5.32 Å². The van der Waals surface area contributed by atoms with Crippen LogP contribution < -0.4 is 10.1 Å². The maximum absolute atomic E-state index is 12.3. The lowest BCUT2D eigenvalue weighted by Crippen LogP contribution is -2.42. The maximum Gasteiger partial charge on any atom is 0.408 e. The summed E-state index contributed by atoms with van der Waals surface area (Å²) in [4.78, 5) is 36.1. The first-order valence-corrected chi connectivity index (χ1v) is 9.81.